The molecule has 0 aliphatic carbocycles. The van der Waals surface area contributed by atoms with Gasteiger partial charge in [-0.05, 0) is 42.7 Å². The summed E-state index contributed by atoms with van der Waals surface area (Å²) in [5.74, 6) is -0.741. The zero-order chi connectivity index (χ0) is 22.8. The number of esters is 1. The fraction of sp³-hybridized carbons (Fsp3) is 0.348. The van der Waals surface area contributed by atoms with Gasteiger partial charge in [-0.2, -0.15) is 0 Å². The number of nitrogens with one attached hydrogen (secondary N) is 2. The lowest BCUT2D eigenvalue weighted by Gasteiger charge is -2.15. The summed E-state index contributed by atoms with van der Waals surface area (Å²) in [5, 5.41) is 5.22. The highest BCUT2D eigenvalue weighted by atomic mass is 16.5. The van der Waals surface area contributed by atoms with Crippen LogP contribution in [0.15, 0.2) is 42.5 Å². The van der Waals surface area contributed by atoms with Crippen molar-refractivity contribution in [2.45, 2.75) is 26.3 Å². The Morgan fingerprint density at radius 3 is 2.26 bits per heavy atom. The Labute approximate surface area is 181 Å². The number of benzene rings is 2. The average molecular weight is 428 g/mol. The number of aryl methyl sites for hydroxylation is 1. The first kappa shape index (κ1) is 23.7. The van der Waals surface area contributed by atoms with Gasteiger partial charge in [0.05, 0.1) is 20.3 Å². The molecule has 166 valence electrons. The third-order valence-electron chi connectivity index (χ3n) is 4.67. The van der Waals surface area contributed by atoms with E-state index in [1.54, 1.807) is 12.1 Å². The van der Waals surface area contributed by atoms with E-state index < -0.39 is 24.4 Å². The van der Waals surface area contributed by atoms with Gasteiger partial charge in [0, 0.05) is 5.56 Å². The topological polar surface area (TPSA) is 103 Å². The van der Waals surface area contributed by atoms with Gasteiger partial charge in [0.15, 0.2) is 18.1 Å². The van der Waals surface area contributed by atoms with Gasteiger partial charge in [0.2, 0.25) is 0 Å². The number of hydrogen-bond donors (Lipinski definition) is 2. The molecule has 8 heteroatoms. The molecule has 0 fully saturated rings. The van der Waals surface area contributed by atoms with Crippen LogP contribution in [0.25, 0.3) is 0 Å². The predicted octanol–water partition coefficient (Wildman–Crippen LogP) is 2.42. The average Bonchev–Trinajstić information content (AvgIpc) is 2.80. The Morgan fingerprint density at radius 1 is 0.968 bits per heavy atom. The number of amides is 2. The Balaban J connectivity index is 1.76. The third kappa shape index (κ3) is 7.02. The molecule has 2 amide bonds. The van der Waals surface area contributed by atoms with Crippen molar-refractivity contribution >= 4 is 17.8 Å². The molecule has 2 N–H and O–H groups in total. The van der Waals surface area contributed by atoms with Crippen LogP contribution >= 0.6 is 0 Å². The molecule has 0 aliphatic heterocycles. The molecular weight excluding hydrogens is 400 g/mol. The van der Waals surface area contributed by atoms with Crippen molar-refractivity contribution in [3.63, 3.8) is 0 Å². The van der Waals surface area contributed by atoms with Crippen molar-refractivity contribution in [3.8, 4) is 11.5 Å². The Morgan fingerprint density at radius 2 is 1.65 bits per heavy atom. The molecule has 0 bridgehead atoms. The summed E-state index contributed by atoms with van der Waals surface area (Å²) < 4.78 is 15.2. The van der Waals surface area contributed by atoms with Crippen LogP contribution in [0.4, 0.5) is 0 Å². The highest BCUT2D eigenvalue weighted by molar-refractivity contribution is 5.96. The van der Waals surface area contributed by atoms with E-state index in [1.165, 1.54) is 25.8 Å². The zero-order valence-electron chi connectivity index (χ0n) is 18.2. The van der Waals surface area contributed by atoms with E-state index in [4.69, 9.17) is 14.2 Å². The van der Waals surface area contributed by atoms with Crippen molar-refractivity contribution in [3.05, 3.63) is 59.2 Å². The smallest absolute Gasteiger partial charge is 0.325 e. The van der Waals surface area contributed by atoms with E-state index in [0.29, 0.717) is 17.1 Å². The molecule has 0 heterocycles. The molecule has 8 nitrogen and oxygen atoms in total. The van der Waals surface area contributed by atoms with Crippen molar-refractivity contribution in [1.82, 2.24) is 10.6 Å². The van der Waals surface area contributed by atoms with Crippen LogP contribution in [0.2, 0.25) is 0 Å². The van der Waals surface area contributed by atoms with E-state index in [0.717, 1.165) is 12.0 Å². The van der Waals surface area contributed by atoms with Crippen LogP contribution in [0.5, 0.6) is 11.5 Å². The summed E-state index contributed by atoms with van der Waals surface area (Å²) in [7, 11) is 2.95. The van der Waals surface area contributed by atoms with Crippen LogP contribution in [-0.4, -0.2) is 45.2 Å². The molecule has 0 saturated heterocycles. The fourth-order valence-corrected chi connectivity index (χ4v) is 2.84. The quantitative estimate of drug-likeness (QED) is 0.564. The van der Waals surface area contributed by atoms with Crippen LogP contribution in [-0.2, 0) is 20.7 Å². The van der Waals surface area contributed by atoms with E-state index in [9.17, 15) is 14.4 Å². The van der Waals surface area contributed by atoms with E-state index in [1.807, 2.05) is 31.2 Å². The third-order valence-corrected chi connectivity index (χ3v) is 4.67. The first-order valence-corrected chi connectivity index (χ1v) is 9.92. The molecule has 0 aromatic heterocycles. The summed E-state index contributed by atoms with van der Waals surface area (Å²) in [4.78, 5) is 36.1. The predicted molar refractivity (Wildman–Crippen MR) is 115 cm³/mol. The molecule has 0 aliphatic rings. The van der Waals surface area contributed by atoms with Gasteiger partial charge >= 0.3 is 5.97 Å². The highest BCUT2D eigenvalue weighted by Gasteiger charge is 2.14. The molecule has 1 atom stereocenters. The lowest BCUT2D eigenvalue weighted by atomic mass is 10.1. The minimum absolute atomic E-state index is 0.220. The molecule has 0 spiro atoms. The summed E-state index contributed by atoms with van der Waals surface area (Å²) in [6, 6.07) is 12.4. The second kappa shape index (κ2) is 11.6. The Hall–Kier alpha value is -3.55. The van der Waals surface area contributed by atoms with Gasteiger partial charge in [0.1, 0.15) is 6.54 Å². The van der Waals surface area contributed by atoms with Crippen LogP contribution in [0, 0.1) is 0 Å². The van der Waals surface area contributed by atoms with E-state index >= 15 is 0 Å². The maximum atomic E-state index is 12.2. The molecule has 2 aromatic rings. The van der Waals surface area contributed by atoms with Crippen molar-refractivity contribution < 1.29 is 28.6 Å². The zero-order valence-corrected chi connectivity index (χ0v) is 18.2. The number of ether oxygens (including phenoxy) is 3. The molecule has 1 unspecified atom stereocenters. The second-order valence-corrected chi connectivity index (χ2v) is 6.80. The molecule has 2 aromatic carbocycles. The fourth-order valence-electron chi connectivity index (χ4n) is 2.84. The first-order chi connectivity index (χ1) is 14.9. The summed E-state index contributed by atoms with van der Waals surface area (Å²) in [6.07, 6.45) is 0.944. The Bertz CT molecular complexity index is 911. The lowest BCUT2D eigenvalue weighted by molar-refractivity contribution is -0.147. The van der Waals surface area contributed by atoms with Gasteiger partial charge in [-0.25, -0.2) is 0 Å². The van der Waals surface area contributed by atoms with E-state index in [2.05, 4.69) is 17.6 Å². The molecular formula is C23H28N2O6. The van der Waals surface area contributed by atoms with Crippen LogP contribution < -0.4 is 20.1 Å². The van der Waals surface area contributed by atoms with Crippen molar-refractivity contribution in [2.24, 2.45) is 0 Å². The van der Waals surface area contributed by atoms with E-state index in [-0.39, 0.29) is 12.6 Å². The number of carbonyl (C=O) groups is 3. The Kier molecular flexibility index (Phi) is 8.87. The number of rotatable bonds is 10. The molecule has 0 saturated carbocycles. The largest absolute Gasteiger partial charge is 0.493 e. The van der Waals surface area contributed by atoms with Gasteiger partial charge in [-0.3, -0.25) is 14.4 Å². The van der Waals surface area contributed by atoms with Crippen LogP contribution in [0.3, 0.4) is 0 Å². The lowest BCUT2D eigenvalue weighted by Crippen LogP contribution is -2.34. The molecule has 31 heavy (non-hydrogen) atoms. The summed E-state index contributed by atoms with van der Waals surface area (Å²) >= 11 is 0. The number of hydrogen-bond acceptors (Lipinski definition) is 6. The van der Waals surface area contributed by atoms with Crippen LogP contribution in [0.1, 0.15) is 41.4 Å². The SMILES string of the molecule is CCc1ccc(C(C)NC(=O)COC(=O)CNC(=O)c2ccc(OC)c(OC)c2)cc1. The van der Waals surface area contributed by atoms with Gasteiger partial charge < -0.3 is 24.8 Å². The second-order valence-electron chi connectivity index (χ2n) is 6.80. The minimum Gasteiger partial charge on any atom is -0.493 e. The summed E-state index contributed by atoms with van der Waals surface area (Å²) in [6.45, 7) is 3.13. The number of methoxy groups -OCH3 is 2. The molecule has 0 radical (unpaired) electrons. The maximum Gasteiger partial charge on any atom is 0.325 e. The first-order valence-electron chi connectivity index (χ1n) is 9.92. The maximum absolute atomic E-state index is 12.2. The van der Waals surface area contributed by atoms with Gasteiger partial charge in [0.25, 0.3) is 11.8 Å². The van der Waals surface area contributed by atoms with Gasteiger partial charge in [-0.15, -0.1) is 0 Å². The minimum atomic E-state index is -0.719. The van der Waals surface area contributed by atoms with Gasteiger partial charge in [-0.1, -0.05) is 31.2 Å². The standard InChI is InChI=1S/C23H28N2O6/c1-5-16-6-8-17(9-7-16)15(2)25-21(26)14-31-22(27)13-24-23(28)18-10-11-19(29-3)20(12-18)30-4/h6-12,15H,5,13-14H2,1-4H3,(H,24,28)(H,25,26). The highest BCUT2D eigenvalue weighted by Crippen LogP contribution is 2.27. The summed E-state index contributed by atoms with van der Waals surface area (Å²) in [5.41, 5.74) is 2.47. The number of carbonyl (C=O) groups excluding carboxylic acids is 3. The normalized spacial score (nSPS) is 11.2. The molecule has 2 rings (SSSR count). The monoisotopic (exact) mass is 428 g/mol. The van der Waals surface area contributed by atoms with Crippen molar-refractivity contribution in [2.75, 3.05) is 27.4 Å². The van der Waals surface area contributed by atoms with Crippen molar-refractivity contribution in [1.29, 1.82) is 0 Å².